The molecule has 2 N–H and O–H groups in total. The van der Waals surface area contributed by atoms with E-state index < -0.39 is 0 Å². The SMILES string of the molecule is COc1cc(N(C)CC(C)(C)CN)c(OC)cc1C. The minimum absolute atomic E-state index is 0.0535. The summed E-state index contributed by atoms with van der Waals surface area (Å²) in [5, 5.41) is 0. The first-order valence-electron chi connectivity index (χ1n) is 6.48. The number of hydrogen-bond acceptors (Lipinski definition) is 4. The van der Waals surface area contributed by atoms with Gasteiger partial charge in [-0.05, 0) is 30.5 Å². The third-order valence-corrected chi connectivity index (χ3v) is 3.33. The predicted molar refractivity (Wildman–Crippen MR) is 80.4 cm³/mol. The van der Waals surface area contributed by atoms with Crippen LogP contribution in [-0.2, 0) is 0 Å². The maximum Gasteiger partial charge on any atom is 0.142 e. The lowest BCUT2D eigenvalue weighted by molar-refractivity contribution is 0.377. The molecule has 1 rings (SSSR count). The van der Waals surface area contributed by atoms with Crippen LogP contribution in [0.3, 0.4) is 0 Å². The van der Waals surface area contributed by atoms with Crippen molar-refractivity contribution >= 4 is 5.69 Å². The van der Waals surface area contributed by atoms with Crippen molar-refractivity contribution in [3.05, 3.63) is 17.7 Å². The molecule has 0 aliphatic rings. The molecule has 1 aromatic rings. The molecule has 1 aromatic carbocycles. The van der Waals surface area contributed by atoms with E-state index in [2.05, 4.69) is 18.7 Å². The Morgan fingerprint density at radius 2 is 1.74 bits per heavy atom. The summed E-state index contributed by atoms with van der Waals surface area (Å²) in [6, 6.07) is 4.01. The number of benzene rings is 1. The second kappa shape index (κ2) is 6.15. The molecule has 0 aromatic heterocycles. The normalized spacial score (nSPS) is 11.3. The lowest BCUT2D eigenvalue weighted by atomic mass is 9.93. The van der Waals surface area contributed by atoms with Gasteiger partial charge in [-0.25, -0.2) is 0 Å². The minimum atomic E-state index is 0.0535. The number of nitrogens with two attached hydrogens (primary N) is 1. The van der Waals surface area contributed by atoms with Crippen LogP contribution in [0.4, 0.5) is 5.69 Å². The van der Waals surface area contributed by atoms with Gasteiger partial charge in [-0.3, -0.25) is 0 Å². The highest BCUT2D eigenvalue weighted by Gasteiger charge is 2.21. The first-order valence-corrected chi connectivity index (χ1v) is 6.48. The fourth-order valence-electron chi connectivity index (χ4n) is 2.12. The van der Waals surface area contributed by atoms with E-state index in [0.717, 1.165) is 29.3 Å². The second-order valence-electron chi connectivity index (χ2n) is 5.72. The standard InChI is InChI=1S/C15H26N2O2/c1-11-7-14(19-6)12(8-13(11)18-5)17(4)10-15(2,3)9-16/h7-8H,9-10,16H2,1-6H3. The number of rotatable bonds is 6. The molecule has 0 unspecified atom stereocenters. The highest BCUT2D eigenvalue weighted by Crippen LogP contribution is 2.35. The third-order valence-electron chi connectivity index (χ3n) is 3.33. The van der Waals surface area contributed by atoms with Crippen molar-refractivity contribution in [1.82, 2.24) is 0 Å². The number of ether oxygens (including phenoxy) is 2. The van der Waals surface area contributed by atoms with Crippen molar-refractivity contribution in [1.29, 1.82) is 0 Å². The van der Waals surface area contributed by atoms with Crippen LogP contribution < -0.4 is 20.1 Å². The van der Waals surface area contributed by atoms with Crippen molar-refractivity contribution in [3.8, 4) is 11.5 Å². The van der Waals surface area contributed by atoms with Gasteiger partial charge in [0.25, 0.3) is 0 Å². The first-order chi connectivity index (χ1) is 8.84. The summed E-state index contributed by atoms with van der Waals surface area (Å²) in [6.07, 6.45) is 0. The fourth-order valence-corrected chi connectivity index (χ4v) is 2.12. The molecule has 0 radical (unpaired) electrons. The Kier molecular flexibility index (Phi) is 5.06. The van der Waals surface area contributed by atoms with Gasteiger partial charge >= 0.3 is 0 Å². The molecule has 0 bridgehead atoms. The second-order valence-corrected chi connectivity index (χ2v) is 5.72. The van der Waals surface area contributed by atoms with Gasteiger partial charge in [0, 0.05) is 19.7 Å². The Morgan fingerprint density at radius 3 is 2.21 bits per heavy atom. The maximum absolute atomic E-state index is 5.80. The summed E-state index contributed by atoms with van der Waals surface area (Å²) < 4.78 is 10.9. The van der Waals surface area contributed by atoms with E-state index >= 15 is 0 Å². The molecule has 0 aliphatic carbocycles. The molecule has 0 fully saturated rings. The Labute approximate surface area is 116 Å². The minimum Gasteiger partial charge on any atom is -0.496 e. The van der Waals surface area contributed by atoms with Crippen LogP contribution in [0.2, 0.25) is 0 Å². The van der Waals surface area contributed by atoms with Crippen LogP contribution in [0, 0.1) is 12.3 Å². The van der Waals surface area contributed by atoms with E-state index in [1.807, 2.05) is 26.1 Å². The van der Waals surface area contributed by atoms with E-state index in [-0.39, 0.29) is 5.41 Å². The van der Waals surface area contributed by atoms with Gasteiger partial charge < -0.3 is 20.1 Å². The van der Waals surface area contributed by atoms with Crippen molar-refractivity contribution in [2.24, 2.45) is 11.1 Å². The van der Waals surface area contributed by atoms with Gasteiger partial charge in [0.1, 0.15) is 11.5 Å². The average Bonchev–Trinajstić information content (AvgIpc) is 2.37. The van der Waals surface area contributed by atoms with E-state index in [4.69, 9.17) is 15.2 Å². The zero-order chi connectivity index (χ0) is 14.6. The molecule has 0 spiro atoms. The van der Waals surface area contributed by atoms with E-state index in [1.54, 1.807) is 14.2 Å². The quantitative estimate of drug-likeness (QED) is 0.859. The molecule has 4 nitrogen and oxygen atoms in total. The van der Waals surface area contributed by atoms with Gasteiger partial charge in [-0.15, -0.1) is 0 Å². The van der Waals surface area contributed by atoms with Crippen LogP contribution in [0.15, 0.2) is 12.1 Å². The Morgan fingerprint density at radius 1 is 1.16 bits per heavy atom. The molecule has 0 atom stereocenters. The molecule has 108 valence electrons. The van der Waals surface area contributed by atoms with Crippen LogP contribution in [0.25, 0.3) is 0 Å². The Balaban J connectivity index is 3.10. The largest absolute Gasteiger partial charge is 0.496 e. The predicted octanol–water partition coefficient (Wildman–Crippen LogP) is 2.43. The van der Waals surface area contributed by atoms with Crippen LogP contribution in [0.5, 0.6) is 11.5 Å². The van der Waals surface area contributed by atoms with Gasteiger partial charge in [-0.2, -0.15) is 0 Å². The summed E-state index contributed by atoms with van der Waals surface area (Å²) in [5.41, 5.74) is 7.94. The van der Waals surface area contributed by atoms with Gasteiger partial charge in [-0.1, -0.05) is 13.8 Å². The van der Waals surface area contributed by atoms with E-state index in [9.17, 15) is 0 Å². The molecular formula is C15H26N2O2. The summed E-state index contributed by atoms with van der Waals surface area (Å²) in [5.74, 6) is 1.72. The third kappa shape index (κ3) is 3.77. The van der Waals surface area contributed by atoms with E-state index in [1.165, 1.54) is 0 Å². The molecule has 0 heterocycles. The monoisotopic (exact) mass is 266 g/mol. The summed E-state index contributed by atoms with van der Waals surface area (Å²) in [4.78, 5) is 2.16. The molecule has 0 saturated heterocycles. The Hall–Kier alpha value is -1.42. The first kappa shape index (κ1) is 15.6. The highest BCUT2D eigenvalue weighted by atomic mass is 16.5. The van der Waals surface area contributed by atoms with Gasteiger partial charge in [0.05, 0.1) is 19.9 Å². The van der Waals surface area contributed by atoms with Crippen molar-refractivity contribution < 1.29 is 9.47 Å². The summed E-state index contributed by atoms with van der Waals surface area (Å²) >= 11 is 0. The van der Waals surface area contributed by atoms with Crippen LogP contribution >= 0.6 is 0 Å². The lowest BCUT2D eigenvalue weighted by Crippen LogP contribution is -2.36. The molecular weight excluding hydrogens is 240 g/mol. The van der Waals surface area contributed by atoms with Gasteiger partial charge in [0.15, 0.2) is 0 Å². The number of anilines is 1. The molecule has 0 aliphatic heterocycles. The van der Waals surface area contributed by atoms with Crippen LogP contribution in [0.1, 0.15) is 19.4 Å². The average molecular weight is 266 g/mol. The Bertz CT molecular complexity index is 430. The van der Waals surface area contributed by atoms with E-state index in [0.29, 0.717) is 6.54 Å². The lowest BCUT2D eigenvalue weighted by Gasteiger charge is -2.31. The van der Waals surface area contributed by atoms with Crippen LogP contribution in [-0.4, -0.2) is 34.4 Å². The fraction of sp³-hybridized carbons (Fsp3) is 0.600. The van der Waals surface area contributed by atoms with Crippen molar-refractivity contribution in [2.75, 3.05) is 39.3 Å². The summed E-state index contributed by atoms with van der Waals surface area (Å²) in [6.45, 7) is 7.81. The zero-order valence-corrected chi connectivity index (χ0v) is 12.9. The topological polar surface area (TPSA) is 47.7 Å². The maximum atomic E-state index is 5.80. The molecule has 19 heavy (non-hydrogen) atoms. The molecule has 4 heteroatoms. The number of methoxy groups -OCH3 is 2. The summed E-state index contributed by atoms with van der Waals surface area (Å²) in [7, 11) is 5.42. The number of aryl methyl sites for hydroxylation is 1. The highest BCUT2D eigenvalue weighted by molar-refractivity contribution is 5.63. The van der Waals surface area contributed by atoms with Gasteiger partial charge in [0.2, 0.25) is 0 Å². The molecule has 0 amide bonds. The van der Waals surface area contributed by atoms with Crippen molar-refractivity contribution in [2.45, 2.75) is 20.8 Å². The number of nitrogens with zero attached hydrogens (tertiary/aromatic N) is 1. The number of hydrogen-bond donors (Lipinski definition) is 1. The zero-order valence-electron chi connectivity index (χ0n) is 12.9. The van der Waals surface area contributed by atoms with Crippen molar-refractivity contribution in [3.63, 3.8) is 0 Å². The smallest absolute Gasteiger partial charge is 0.142 e. The molecule has 0 saturated carbocycles.